The second kappa shape index (κ2) is 9.08. The highest BCUT2D eigenvalue weighted by Gasteiger charge is 2.27. The van der Waals surface area contributed by atoms with Crippen molar-refractivity contribution in [3.8, 4) is 5.75 Å². The molecule has 0 spiro atoms. The first kappa shape index (κ1) is 22.4. The van der Waals surface area contributed by atoms with Gasteiger partial charge in [-0.1, -0.05) is 25.4 Å². The Hall–Kier alpha value is -1.88. The molecular weight excluding hydrogens is 426 g/mol. The molecule has 0 aliphatic carbocycles. The Balaban J connectivity index is 2.52. The van der Waals surface area contributed by atoms with E-state index in [1.54, 1.807) is 20.8 Å². The van der Waals surface area contributed by atoms with Crippen LogP contribution in [0.3, 0.4) is 0 Å². The maximum absolute atomic E-state index is 13.0. The number of aromatic nitrogens is 1. The number of hydrogen-bond acceptors (Lipinski definition) is 6. The topological polar surface area (TPSA) is 106 Å². The maximum Gasteiger partial charge on any atom is 0.264 e. The van der Waals surface area contributed by atoms with Gasteiger partial charge in [-0.3, -0.25) is 4.72 Å². The predicted octanol–water partition coefficient (Wildman–Crippen LogP) is 2.97. The Morgan fingerprint density at radius 3 is 2.32 bits per heavy atom. The van der Waals surface area contributed by atoms with Gasteiger partial charge < -0.3 is 4.74 Å². The van der Waals surface area contributed by atoms with Crippen molar-refractivity contribution in [3.63, 3.8) is 0 Å². The van der Waals surface area contributed by atoms with E-state index in [2.05, 4.69) is 9.71 Å². The first-order chi connectivity index (χ1) is 13.2. The molecule has 2 aromatic rings. The summed E-state index contributed by atoms with van der Waals surface area (Å²) in [5.74, 6) is 0.150. The van der Waals surface area contributed by atoms with Crippen LogP contribution in [0.5, 0.6) is 5.75 Å². The Labute approximate surface area is 170 Å². The predicted molar refractivity (Wildman–Crippen MR) is 108 cm³/mol. The molecule has 1 heterocycles. The van der Waals surface area contributed by atoms with Crippen molar-refractivity contribution in [1.82, 2.24) is 9.29 Å². The normalized spacial score (nSPS) is 12.2. The summed E-state index contributed by atoms with van der Waals surface area (Å²) < 4.78 is 60.2. The van der Waals surface area contributed by atoms with Crippen molar-refractivity contribution in [2.45, 2.75) is 30.6 Å². The Bertz CT molecular complexity index is 1040. The number of ether oxygens (including phenoxy) is 1. The highest BCUT2D eigenvalue weighted by Crippen LogP contribution is 2.31. The molecule has 0 saturated heterocycles. The van der Waals surface area contributed by atoms with Gasteiger partial charge in [-0.05, 0) is 37.3 Å². The van der Waals surface area contributed by atoms with Crippen LogP contribution in [0.15, 0.2) is 46.3 Å². The fourth-order valence-corrected chi connectivity index (χ4v) is 5.65. The summed E-state index contributed by atoms with van der Waals surface area (Å²) in [4.78, 5) is 3.43. The Morgan fingerprint density at radius 2 is 1.75 bits per heavy atom. The molecule has 1 aromatic carbocycles. The van der Waals surface area contributed by atoms with Gasteiger partial charge in [0.15, 0.2) is 0 Å². The molecule has 0 saturated carbocycles. The van der Waals surface area contributed by atoms with Gasteiger partial charge in [0.2, 0.25) is 10.0 Å². The van der Waals surface area contributed by atoms with Crippen LogP contribution in [0.1, 0.15) is 20.8 Å². The minimum atomic E-state index is -4.06. The van der Waals surface area contributed by atoms with Crippen LogP contribution >= 0.6 is 11.6 Å². The molecule has 0 aliphatic heterocycles. The third kappa shape index (κ3) is 4.75. The van der Waals surface area contributed by atoms with Crippen LogP contribution in [-0.4, -0.2) is 45.8 Å². The van der Waals surface area contributed by atoms with E-state index in [1.807, 2.05) is 0 Å². The minimum absolute atomic E-state index is 0.0640. The molecule has 1 aromatic heterocycles. The summed E-state index contributed by atoms with van der Waals surface area (Å²) in [6.07, 6.45) is 1.37. The van der Waals surface area contributed by atoms with Crippen molar-refractivity contribution in [3.05, 3.63) is 41.7 Å². The van der Waals surface area contributed by atoms with E-state index in [4.69, 9.17) is 16.3 Å². The lowest BCUT2D eigenvalue weighted by molar-refractivity contribution is 0.329. The van der Waals surface area contributed by atoms with E-state index in [0.717, 1.165) is 0 Å². The average Bonchev–Trinajstić information content (AvgIpc) is 2.64. The van der Waals surface area contributed by atoms with Crippen LogP contribution in [0.25, 0.3) is 0 Å². The highest BCUT2D eigenvalue weighted by atomic mass is 35.5. The SMILES string of the molecule is CCOc1ccc(NS(=O)(=O)c2cccnc2Cl)cc1S(=O)(=O)N(CC)CC. The van der Waals surface area contributed by atoms with Crippen molar-refractivity contribution in [1.29, 1.82) is 0 Å². The standard InChI is InChI=1S/C17H22ClN3O5S2/c1-4-21(5-2)28(24,25)16-12-13(9-10-14(16)26-6-3)20-27(22,23)15-8-7-11-19-17(15)18/h7-12,20H,4-6H2,1-3H3. The molecule has 8 nitrogen and oxygen atoms in total. The van der Waals surface area contributed by atoms with Crippen LogP contribution < -0.4 is 9.46 Å². The molecule has 0 unspecified atom stereocenters. The summed E-state index contributed by atoms with van der Waals surface area (Å²) in [5, 5.41) is -0.183. The molecular formula is C17H22ClN3O5S2. The van der Waals surface area contributed by atoms with E-state index in [9.17, 15) is 16.8 Å². The molecule has 0 fully saturated rings. The molecule has 0 amide bonds. The van der Waals surface area contributed by atoms with Crippen LogP contribution in [0.2, 0.25) is 5.15 Å². The molecule has 0 radical (unpaired) electrons. The van der Waals surface area contributed by atoms with Gasteiger partial charge in [0, 0.05) is 19.3 Å². The molecule has 0 aliphatic rings. The molecule has 0 atom stereocenters. The van der Waals surface area contributed by atoms with Gasteiger partial charge in [0.1, 0.15) is 20.7 Å². The number of halogens is 1. The van der Waals surface area contributed by atoms with Gasteiger partial charge in [-0.15, -0.1) is 0 Å². The minimum Gasteiger partial charge on any atom is -0.492 e. The molecule has 28 heavy (non-hydrogen) atoms. The number of nitrogens with one attached hydrogen (secondary N) is 1. The summed E-state index contributed by atoms with van der Waals surface area (Å²) >= 11 is 5.87. The fraction of sp³-hybridized carbons (Fsp3) is 0.353. The zero-order chi connectivity index (χ0) is 20.9. The van der Waals surface area contributed by atoms with Crippen LogP contribution in [-0.2, 0) is 20.0 Å². The van der Waals surface area contributed by atoms with Crippen molar-refractivity contribution < 1.29 is 21.6 Å². The van der Waals surface area contributed by atoms with Crippen molar-refractivity contribution in [2.24, 2.45) is 0 Å². The first-order valence-electron chi connectivity index (χ1n) is 8.57. The number of anilines is 1. The van der Waals surface area contributed by atoms with Gasteiger partial charge in [-0.25, -0.2) is 21.8 Å². The fourth-order valence-electron chi connectivity index (χ4n) is 2.53. The summed E-state index contributed by atoms with van der Waals surface area (Å²) in [7, 11) is -7.93. The van der Waals surface area contributed by atoms with E-state index < -0.39 is 20.0 Å². The largest absolute Gasteiger partial charge is 0.492 e. The van der Waals surface area contributed by atoms with Crippen LogP contribution in [0.4, 0.5) is 5.69 Å². The molecule has 11 heteroatoms. The maximum atomic E-state index is 13.0. The smallest absolute Gasteiger partial charge is 0.264 e. The quantitative estimate of drug-likeness (QED) is 0.592. The van der Waals surface area contributed by atoms with Crippen molar-refractivity contribution >= 4 is 37.3 Å². The number of pyridine rings is 1. The van der Waals surface area contributed by atoms with Gasteiger partial charge in [-0.2, -0.15) is 4.31 Å². The first-order valence-corrected chi connectivity index (χ1v) is 11.9. The molecule has 1 N–H and O–H groups in total. The summed E-state index contributed by atoms with van der Waals surface area (Å²) in [6, 6.07) is 6.83. The van der Waals surface area contributed by atoms with E-state index in [0.29, 0.717) is 0 Å². The lowest BCUT2D eigenvalue weighted by Crippen LogP contribution is -2.31. The number of sulfonamides is 2. The Morgan fingerprint density at radius 1 is 1.07 bits per heavy atom. The van der Waals surface area contributed by atoms with Crippen molar-refractivity contribution in [2.75, 3.05) is 24.4 Å². The number of nitrogens with zero attached hydrogens (tertiary/aromatic N) is 2. The Kier molecular flexibility index (Phi) is 7.27. The second-order valence-corrected chi connectivity index (χ2v) is 9.50. The second-order valence-electron chi connectivity index (χ2n) is 5.58. The van der Waals surface area contributed by atoms with E-state index in [1.165, 1.54) is 40.8 Å². The average molecular weight is 448 g/mol. The lowest BCUT2D eigenvalue weighted by atomic mass is 10.3. The van der Waals surface area contributed by atoms with E-state index >= 15 is 0 Å². The zero-order valence-electron chi connectivity index (χ0n) is 15.7. The zero-order valence-corrected chi connectivity index (χ0v) is 18.1. The summed E-state index contributed by atoms with van der Waals surface area (Å²) in [5.41, 5.74) is 0.0640. The van der Waals surface area contributed by atoms with Gasteiger partial charge >= 0.3 is 0 Å². The monoisotopic (exact) mass is 447 g/mol. The molecule has 0 bridgehead atoms. The lowest BCUT2D eigenvalue weighted by Gasteiger charge is -2.21. The third-order valence-corrected chi connectivity index (χ3v) is 7.73. The van der Waals surface area contributed by atoms with Gasteiger partial charge in [0.25, 0.3) is 10.0 Å². The molecule has 2 rings (SSSR count). The van der Waals surface area contributed by atoms with E-state index in [-0.39, 0.29) is 46.1 Å². The number of hydrogen-bond donors (Lipinski definition) is 1. The van der Waals surface area contributed by atoms with Crippen LogP contribution in [0, 0.1) is 0 Å². The summed E-state index contributed by atoms with van der Waals surface area (Å²) in [6.45, 7) is 5.97. The molecule has 154 valence electrons. The number of benzene rings is 1. The third-order valence-electron chi connectivity index (χ3n) is 3.83. The highest BCUT2D eigenvalue weighted by molar-refractivity contribution is 7.92. The van der Waals surface area contributed by atoms with Gasteiger partial charge in [0.05, 0.1) is 12.3 Å². The number of rotatable bonds is 9.